The summed E-state index contributed by atoms with van der Waals surface area (Å²) in [5.41, 5.74) is 6.36. The molecule has 0 saturated heterocycles. The average molecular weight is 239 g/mol. The number of nitrogens with two attached hydrogens (primary N) is 1. The van der Waals surface area contributed by atoms with Gasteiger partial charge in [-0.1, -0.05) is 24.0 Å². The molecule has 0 spiro atoms. The molecule has 0 bridgehead atoms. The topological polar surface area (TPSA) is 35.2 Å². The molecule has 0 atom stereocenters. The summed E-state index contributed by atoms with van der Waals surface area (Å²) in [6.07, 6.45) is 0.192. The lowest BCUT2D eigenvalue weighted by atomic mass is 10.1. The molecule has 0 aromatic heterocycles. The van der Waals surface area contributed by atoms with Crippen molar-refractivity contribution >= 4 is 10.8 Å². The fraction of sp³-hybridized carbons (Fsp3) is 0.250. The third-order valence-electron chi connectivity index (χ3n) is 2.52. The molecule has 2 nitrogen and oxygen atoms in total. The van der Waals surface area contributed by atoms with E-state index in [1.807, 2.05) is 26.0 Å². The Morgan fingerprint density at radius 2 is 1.83 bits per heavy atom. The molecule has 0 radical (unpaired) electrons. The summed E-state index contributed by atoms with van der Waals surface area (Å²) < 4.78 is 5.67. The van der Waals surface area contributed by atoms with E-state index in [9.17, 15) is 0 Å². The lowest BCUT2D eigenvalue weighted by Crippen LogP contribution is -2.05. The normalized spacial score (nSPS) is 10.2. The van der Waals surface area contributed by atoms with Gasteiger partial charge in [0.1, 0.15) is 5.75 Å². The molecule has 2 heteroatoms. The minimum atomic E-state index is 0.192. The van der Waals surface area contributed by atoms with Gasteiger partial charge in [0.05, 0.1) is 12.6 Å². The Bertz CT molecular complexity index is 605. The fourth-order valence-corrected chi connectivity index (χ4v) is 1.80. The van der Waals surface area contributed by atoms with Crippen molar-refractivity contribution in [2.75, 3.05) is 6.54 Å². The Labute approximate surface area is 108 Å². The maximum absolute atomic E-state index is 5.67. The van der Waals surface area contributed by atoms with Crippen LogP contribution in [0.4, 0.5) is 0 Å². The molecule has 0 unspecified atom stereocenters. The maximum atomic E-state index is 5.67. The van der Waals surface area contributed by atoms with Crippen molar-refractivity contribution in [3.8, 4) is 17.6 Å². The Morgan fingerprint density at radius 1 is 1.11 bits per heavy atom. The van der Waals surface area contributed by atoms with Gasteiger partial charge in [0, 0.05) is 5.56 Å². The van der Waals surface area contributed by atoms with Crippen LogP contribution in [0, 0.1) is 11.8 Å². The van der Waals surface area contributed by atoms with E-state index in [2.05, 4.69) is 36.1 Å². The minimum Gasteiger partial charge on any atom is -0.491 e. The van der Waals surface area contributed by atoms with E-state index in [0.717, 1.165) is 22.1 Å². The summed E-state index contributed by atoms with van der Waals surface area (Å²) in [6, 6.07) is 12.2. The van der Waals surface area contributed by atoms with Crippen LogP contribution in [0.1, 0.15) is 19.4 Å². The van der Waals surface area contributed by atoms with Crippen LogP contribution in [-0.4, -0.2) is 12.6 Å². The summed E-state index contributed by atoms with van der Waals surface area (Å²) >= 11 is 0. The second-order valence-corrected chi connectivity index (χ2v) is 4.40. The Hall–Kier alpha value is -1.98. The van der Waals surface area contributed by atoms with E-state index in [0.29, 0.717) is 6.54 Å². The van der Waals surface area contributed by atoms with Gasteiger partial charge in [-0.15, -0.1) is 0 Å². The summed E-state index contributed by atoms with van der Waals surface area (Å²) in [5.74, 6) is 6.80. The van der Waals surface area contributed by atoms with Crippen LogP contribution in [0.3, 0.4) is 0 Å². The zero-order chi connectivity index (χ0) is 13.0. The van der Waals surface area contributed by atoms with Crippen molar-refractivity contribution in [2.24, 2.45) is 5.73 Å². The predicted octanol–water partition coefficient (Wildman–Crippen LogP) is 2.94. The highest BCUT2D eigenvalue weighted by molar-refractivity contribution is 5.85. The quantitative estimate of drug-likeness (QED) is 0.818. The maximum Gasteiger partial charge on any atom is 0.120 e. The van der Waals surface area contributed by atoms with Crippen molar-refractivity contribution in [1.82, 2.24) is 0 Å². The van der Waals surface area contributed by atoms with Gasteiger partial charge in [0.25, 0.3) is 0 Å². The molecule has 18 heavy (non-hydrogen) atoms. The first kappa shape index (κ1) is 12.5. The van der Waals surface area contributed by atoms with Crippen LogP contribution < -0.4 is 10.5 Å². The largest absolute Gasteiger partial charge is 0.491 e. The first-order chi connectivity index (χ1) is 8.69. The zero-order valence-corrected chi connectivity index (χ0v) is 10.7. The van der Waals surface area contributed by atoms with Crippen LogP contribution in [-0.2, 0) is 0 Å². The lowest BCUT2D eigenvalue weighted by molar-refractivity contribution is 0.243. The van der Waals surface area contributed by atoms with E-state index in [1.54, 1.807) is 0 Å². The summed E-state index contributed by atoms with van der Waals surface area (Å²) in [5, 5.41) is 2.32. The van der Waals surface area contributed by atoms with Gasteiger partial charge in [0.2, 0.25) is 0 Å². The van der Waals surface area contributed by atoms with Gasteiger partial charge >= 0.3 is 0 Å². The number of benzene rings is 2. The lowest BCUT2D eigenvalue weighted by Gasteiger charge is -2.10. The first-order valence-electron chi connectivity index (χ1n) is 6.08. The number of fused-ring (bicyclic) bond motifs is 1. The molecule has 0 heterocycles. The van der Waals surface area contributed by atoms with Crippen molar-refractivity contribution in [2.45, 2.75) is 20.0 Å². The second-order valence-electron chi connectivity index (χ2n) is 4.40. The highest BCUT2D eigenvalue weighted by Crippen LogP contribution is 2.22. The van der Waals surface area contributed by atoms with Crippen LogP contribution in [0.25, 0.3) is 10.8 Å². The highest BCUT2D eigenvalue weighted by atomic mass is 16.5. The van der Waals surface area contributed by atoms with E-state index in [-0.39, 0.29) is 6.10 Å². The standard InChI is InChI=1S/C16H17NO/c1-12(2)18-16-8-7-14-10-13(4-3-9-17)5-6-15(14)11-16/h5-8,10-12H,9,17H2,1-2H3. The molecule has 2 aromatic rings. The highest BCUT2D eigenvalue weighted by Gasteiger charge is 2.00. The van der Waals surface area contributed by atoms with Gasteiger partial charge in [0.15, 0.2) is 0 Å². The molecule has 0 saturated carbocycles. The molecule has 2 aromatic carbocycles. The van der Waals surface area contributed by atoms with E-state index in [1.165, 1.54) is 0 Å². The third kappa shape index (κ3) is 3.03. The molecular weight excluding hydrogens is 222 g/mol. The van der Waals surface area contributed by atoms with Gasteiger partial charge in [-0.05, 0) is 48.9 Å². The summed E-state index contributed by atoms with van der Waals surface area (Å²) in [6.45, 7) is 4.44. The number of rotatable bonds is 2. The second kappa shape index (κ2) is 5.57. The van der Waals surface area contributed by atoms with Gasteiger partial charge in [-0.2, -0.15) is 0 Å². The van der Waals surface area contributed by atoms with Crippen LogP contribution in [0.2, 0.25) is 0 Å². The molecule has 2 rings (SSSR count). The van der Waals surface area contributed by atoms with Gasteiger partial charge in [-0.3, -0.25) is 0 Å². The van der Waals surface area contributed by atoms with E-state index >= 15 is 0 Å². The number of ether oxygens (including phenoxy) is 1. The predicted molar refractivity (Wildman–Crippen MR) is 75.6 cm³/mol. The SMILES string of the molecule is CC(C)Oc1ccc2cc(C#CCN)ccc2c1. The Kier molecular flexibility index (Phi) is 3.86. The van der Waals surface area contributed by atoms with Gasteiger partial charge in [-0.25, -0.2) is 0 Å². The molecule has 0 aliphatic carbocycles. The fourth-order valence-electron chi connectivity index (χ4n) is 1.80. The zero-order valence-electron chi connectivity index (χ0n) is 10.7. The summed E-state index contributed by atoms with van der Waals surface area (Å²) in [7, 11) is 0. The molecule has 92 valence electrons. The summed E-state index contributed by atoms with van der Waals surface area (Å²) in [4.78, 5) is 0. The van der Waals surface area contributed by atoms with E-state index in [4.69, 9.17) is 10.5 Å². The van der Waals surface area contributed by atoms with Crippen molar-refractivity contribution in [3.05, 3.63) is 42.0 Å². The van der Waals surface area contributed by atoms with E-state index < -0.39 is 0 Å². The van der Waals surface area contributed by atoms with Crippen molar-refractivity contribution < 1.29 is 4.74 Å². The smallest absolute Gasteiger partial charge is 0.120 e. The molecular formula is C16H17NO. The molecule has 0 fully saturated rings. The number of hydrogen-bond acceptors (Lipinski definition) is 2. The first-order valence-corrected chi connectivity index (χ1v) is 6.08. The minimum absolute atomic E-state index is 0.192. The molecule has 0 aliphatic heterocycles. The number of hydrogen-bond donors (Lipinski definition) is 1. The van der Waals surface area contributed by atoms with Gasteiger partial charge < -0.3 is 10.5 Å². The Balaban J connectivity index is 2.35. The molecule has 2 N–H and O–H groups in total. The average Bonchev–Trinajstić information content (AvgIpc) is 2.35. The van der Waals surface area contributed by atoms with Crippen LogP contribution in [0.5, 0.6) is 5.75 Å². The molecule has 0 aliphatic rings. The Morgan fingerprint density at radius 3 is 2.56 bits per heavy atom. The van der Waals surface area contributed by atoms with Crippen molar-refractivity contribution in [3.63, 3.8) is 0 Å². The molecule has 0 amide bonds. The third-order valence-corrected chi connectivity index (χ3v) is 2.52. The van der Waals surface area contributed by atoms with Crippen LogP contribution >= 0.6 is 0 Å². The monoisotopic (exact) mass is 239 g/mol. The van der Waals surface area contributed by atoms with Crippen molar-refractivity contribution in [1.29, 1.82) is 0 Å². The van der Waals surface area contributed by atoms with Crippen LogP contribution in [0.15, 0.2) is 36.4 Å².